The van der Waals surface area contributed by atoms with E-state index in [1.165, 1.54) is 0 Å². The van der Waals surface area contributed by atoms with Crippen molar-refractivity contribution < 1.29 is 33.3 Å². The number of benzene rings is 3. The van der Waals surface area contributed by atoms with Crippen LogP contribution in [0.4, 0.5) is 4.79 Å². The molecule has 3 aromatic rings. The number of thioether (sulfide) groups is 1. The largest absolute Gasteiger partial charge is 0.497 e. The van der Waals surface area contributed by atoms with Crippen LogP contribution in [-0.2, 0) is 27.4 Å². The Morgan fingerprint density at radius 3 is 2.24 bits per heavy atom. The fraction of sp³-hybridized carbons (Fsp3) is 0.242. The van der Waals surface area contributed by atoms with Crippen molar-refractivity contribution in [3.05, 3.63) is 102 Å². The lowest BCUT2D eigenvalue weighted by Crippen LogP contribution is -2.46. The molecule has 1 atom stereocenters. The second kappa shape index (κ2) is 15.6. The Hall–Kier alpha value is -5.10. The number of esters is 1. The van der Waals surface area contributed by atoms with Gasteiger partial charge in [-0.05, 0) is 66.0 Å². The summed E-state index contributed by atoms with van der Waals surface area (Å²) in [4.78, 5) is 48.2. The van der Waals surface area contributed by atoms with Crippen molar-refractivity contribution in [3.63, 3.8) is 0 Å². The van der Waals surface area contributed by atoms with Crippen LogP contribution in [0.15, 0.2) is 101 Å². The van der Waals surface area contributed by atoms with Crippen molar-refractivity contribution in [2.45, 2.75) is 17.8 Å². The lowest BCUT2D eigenvalue weighted by atomic mass is 9.97. The van der Waals surface area contributed by atoms with E-state index in [4.69, 9.17) is 18.9 Å². The molecule has 45 heavy (non-hydrogen) atoms. The minimum Gasteiger partial charge on any atom is -0.497 e. The number of amidine groups is 1. The summed E-state index contributed by atoms with van der Waals surface area (Å²) >= 11 is 0.641. The molecule has 0 radical (unpaired) electrons. The zero-order chi connectivity index (χ0) is 32.2. The highest BCUT2D eigenvalue weighted by atomic mass is 32.2. The number of nitrogens with zero attached hydrogens (tertiary/aromatic N) is 3. The molecule has 1 aliphatic heterocycles. The Balaban J connectivity index is 1.32. The number of hydrogen-bond acceptors (Lipinski definition) is 10. The van der Waals surface area contributed by atoms with Gasteiger partial charge in [0.15, 0.2) is 0 Å². The van der Waals surface area contributed by atoms with E-state index in [-0.39, 0.29) is 18.9 Å². The predicted octanol–water partition coefficient (Wildman–Crippen LogP) is 4.66. The van der Waals surface area contributed by atoms with Gasteiger partial charge in [0.1, 0.15) is 36.3 Å². The third-order valence-electron chi connectivity index (χ3n) is 6.77. The number of ether oxygens (including phenoxy) is 4. The Kier molecular flexibility index (Phi) is 11.4. The van der Waals surface area contributed by atoms with Crippen molar-refractivity contribution in [3.8, 4) is 17.2 Å². The summed E-state index contributed by atoms with van der Waals surface area (Å²) in [5, 5.41) is 1.63. The number of hydrogen-bond donors (Lipinski definition) is 1. The molecule has 0 aromatic heterocycles. The van der Waals surface area contributed by atoms with Gasteiger partial charge in [-0.15, -0.1) is 0 Å². The summed E-state index contributed by atoms with van der Waals surface area (Å²) in [6.45, 7) is 4.41. The van der Waals surface area contributed by atoms with E-state index < -0.39 is 21.9 Å². The minimum atomic E-state index is -1.71. The first-order valence-electron chi connectivity index (χ1n) is 13.9. The van der Waals surface area contributed by atoms with Gasteiger partial charge in [0.05, 0.1) is 13.7 Å². The van der Waals surface area contributed by atoms with Crippen LogP contribution in [0.2, 0.25) is 0 Å². The highest BCUT2D eigenvalue weighted by Crippen LogP contribution is 2.37. The van der Waals surface area contributed by atoms with Crippen molar-refractivity contribution in [1.29, 1.82) is 0 Å². The van der Waals surface area contributed by atoms with Gasteiger partial charge >= 0.3 is 5.97 Å². The Morgan fingerprint density at radius 2 is 1.64 bits per heavy atom. The van der Waals surface area contributed by atoms with Crippen LogP contribution in [0.3, 0.4) is 0 Å². The van der Waals surface area contributed by atoms with E-state index in [2.05, 4.69) is 22.0 Å². The van der Waals surface area contributed by atoms with Gasteiger partial charge in [-0.2, -0.15) is 0 Å². The number of carbonyl (C=O) groups excluding carboxylic acids is 3. The molecule has 1 heterocycles. The van der Waals surface area contributed by atoms with Crippen molar-refractivity contribution in [2.75, 3.05) is 34.4 Å². The molecule has 4 rings (SSSR count). The molecule has 12 heteroatoms. The van der Waals surface area contributed by atoms with E-state index in [1.807, 2.05) is 42.3 Å². The zero-order valence-corrected chi connectivity index (χ0v) is 26.0. The van der Waals surface area contributed by atoms with E-state index in [0.29, 0.717) is 53.6 Å². The van der Waals surface area contributed by atoms with Gasteiger partial charge in [-0.25, -0.2) is 9.79 Å². The molecule has 0 aliphatic carbocycles. The molecular weight excluding hydrogens is 596 g/mol. The molecule has 0 spiro atoms. The first-order valence-corrected chi connectivity index (χ1v) is 14.7. The molecule has 234 valence electrons. The number of amides is 2. The summed E-state index contributed by atoms with van der Waals surface area (Å²) in [6, 6.07) is 23.2. The van der Waals surface area contributed by atoms with Crippen LogP contribution >= 0.6 is 11.8 Å². The average molecular weight is 631 g/mol. The number of imide groups is 1. The Morgan fingerprint density at radius 1 is 0.978 bits per heavy atom. The first kappa shape index (κ1) is 32.8. The number of rotatable bonds is 14. The number of nitrogens with one attached hydrogen (secondary N) is 1. The van der Waals surface area contributed by atoms with Crippen molar-refractivity contribution in [2.24, 2.45) is 9.98 Å². The van der Waals surface area contributed by atoms with Crippen LogP contribution in [-0.4, -0.2) is 73.7 Å². The van der Waals surface area contributed by atoms with Crippen LogP contribution in [0, 0.1) is 0 Å². The normalized spacial score (nSPS) is 16.5. The maximum atomic E-state index is 13.1. The smallest absolute Gasteiger partial charge is 0.333 e. The first-order chi connectivity index (χ1) is 21.8. The van der Waals surface area contributed by atoms with Crippen LogP contribution in [0.25, 0.3) is 0 Å². The van der Waals surface area contributed by atoms with Crippen molar-refractivity contribution >= 4 is 41.4 Å². The lowest BCUT2D eigenvalue weighted by molar-refractivity contribution is -0.150. The fourth-order valence-corrected chi connectivity index (χ4v) is 5.31. The quantitative estimate of drug-likeness (QED) is 0.0889. The maximum absolute atomic E-state index is 13.1. The topological polar surface area (TPSA) is 128 Å². The second-order valence-corrected chi connectivity index (χ2v) is 11.1. The third-order valence-corrected chi connectivity index (χ3v) is 7.91. The summed E-state index contributed by atoms with van der Waals surface area (Å²) in [5.41, 5.74) is 1.44. The molecule has 1 aliphatic rings. The monoisotopic (exact) mass is 630 g/mol. The Bertz CT molecular complexity index is 1560. The van der Waals surface area contributed by atoms with Crippen LogP contribution in [0.1, 0.15) is 11.1 Å². The van der Waals surface area contributed by atoms with Crippen LogP contribution < -0.4 is 19.5 Å². The molecule has 0 bridgehead atoms. The van der Waals surface area contributed by atoms with Gasteiger partial charge in [-0.1, -0.05) is 42.5 Å². The zero-order valence-electron chi connectivity index (χ0n) is 25.2. The molecule has 11 nitrogen and oxygen atoms in total. The average Bonchev–Trinajstić information content (AvgIpc) is 3.35. The minimum absolute atomic E-state index is 0.00790. The number of methoxy groups -OCH3 is 1. The standard InChI is InChI=1S/C33H34N4O7S/c1-34-28(20-29(35-2)44-27-16-14-25(41-4)15-17-27)37(3)18-19-42-26-12-10-23(11-13-26)21-33(30(38)36-32(40)45-33)31(39)43-22-24-8-6-5-7-9-24/h5-17,20H,2,18-19,21-22H2,1,3-4H3,(H,36,38,40)/b29-20+,34-28+. The summed E-state index contributed by atoms with van der Waals surface area (Å²) in [7, 11) is 5.12. The Labute approximate surface area is 265 Å². The SMILES string of the molecule is C=N/C(=C\C(=N/C)N(C)CCOc1ccc(CC2(C(=O)OCc3ccccc3)SC(=O)NC2=O)cc1)Oc1ccc(OC)cc1. The number of aliphatic imine (C=N–C) groups is 2. The van der Waals surface area contributed by atoms with Gasteiger partial charge in [0, 0.05) is 26.6 Å². The second-order valence-electron chi connectivity index (χ2n) is 9.82. The number of carbonyl (C=O) groups is 3. The maximum Gasteiger partial charge on any atom is 0.333 e. The summed E-state index contributed by atoms with van der Waals surface area (Å²) in [6.07, 6.45) is 1.65. The van der Waals surface area contributed by atoms with Gasteiger partial charge < -0.3 is 23.8 Å². The summed E-state index contributed by atoms with van der Waals surface area (Å²) in [5.74, 6) is 1.31. The van der Waals surface area contributed by atoms with E-state index >= 15 is 0 Å². The molecular formula is C33H34N4O7S. The van der Waals surface area contributed by atoms with E-state index in [0.717, 1.165) is 5.56 Å². The van der Waals surface area contributed by atoms with Gasteiger partial charge in [-0.3, -0.25) is 19.9 Å². The fourth-order valence-electron chi connectivity index (χ4n) is 4.32. The molecule has 1 fully saturated rings. The van der Waals surface area contributed by atoms with Gasteiger partial charge in [0.25, 0.3) is 11.1 Å². The predicted molar refractivity (Wildman–Crippen MR) is 173 cm³/mol. The highest BCUT2D eigenvalue weighted by molar-refractivity contribution is 8.16. The molecule has 1 unspecified atom stereocenters. The van der Waals surface area contributed by atoms with Crippen LogP contribution in [0.5, 0.6) is 17.2 Å². The number of likely N-dealkylation sites (N-methyl/N-ethyl adjacent to an activating group) is 1. The molecule has 0 saturated carbocycles. The van der Waals surface area contributed by atoms with Crippen molar-refractivity contribution in [1.82, 2.24) is 10.2 Å². The highest BCUT2D eigenvalue weighted by Gasteiger charge is 2.55. The summed E-state index contributed by atoms with van der Waals surface area (Å²) < 4.78 is 20.7. The molecule has 1 N–H and O–H groups in total. The molecule has 2 amide bonds. The van der Waals surface area contributed by atoms with Gasteiger partial charge in [0.2, 0.25) is 10.6 Å². The molecule has 1 saturated heterocycles. The van der Waals surface area contributed by atoms with E-state index in [9.17, 15) is 14.4 Å². The van der Waals surface area contributed by atoms with E-state index in [1.54, 1.807) is 68.8 Å². The third kappa shape index (κ3) is 8.73. The lowest BCUT2D eigenvalue weighted by Gasteiger charge is -2.22. The molecule has 3 aromatic carbocycles.